The molecule has 0 radical (unpaired) electrons. The summed E-state index contributed by atoms with van der Waals surface area (Å²) in [6.45, 7) is 14.8. The number of unbranched alkanes of at least 4 members (excludes halogenated alkanes) is 2. The molecule has 172 valence electrons. The monoisotopic (exact) mass is 424 g/mol. The molecular formula is C23H40N2O5. The summed E-state index contributed by atoms with van der Waals surface area (Å²) >= 11 is 0. The Morgan fingerprint density at radius 3 is 2.30 bits per heavy atom. The van der Waals surface area contributed by atoms with Crippen LogP contribution in [0.1, 0.15) is 66.2 Å². The third kappa shape index (κ3) is 12.4. The summed E-state index contributed by atoms with van der Waals surface area (Å²) in [5, 5.41) is 14.7. The van der Waals surface area contributed by atoms with Crippen LogP contribution in [0.15, 0.2) is 25.3 Å². The number of hydrogen-bond donors (Lipinski definition) is 3. The molecule has 0 aliphatic carbocycles. The molecule has 0 saturated carbocycles. The number of amides is 2. The molecule has 0 spiro atoms. The van der Waals surface area contributed by atoms with Gasteiger partial charge in [-0.2, -0.15) is 0 Å². The third-order valence-corrected chi connectivity index (χ3v) is 4.75. The van der Waals surface area contributed by atoms with Crippen molar-refractivity contribution in [3.8, 4) is 0 Å². The van der Waals surface area contributed by atoms with E-state index in [9.17, 15) is 14.4 Å². The van der Waals surface area contributed by atoms with Crippen LogP contribution in [0.25, 0.3) is 0 Å². The Hall–Kier alpha value is -2.15. The molecule has 0 bridgehead atoms. The zero-order valence-corrected chi connectivity index (χ0v) is 19.0. The van der Waals surface area contributed by atoms with Crippen LogP contribution in [-0.2, 0) is 19.1 Å². The predicted molar refractivity (Wildman–Crippen MR) is 119 cm³/mol. The first-order chi connectivity index (χ1) is 14.0. The van der Waals surface area contributed by atoms with E-state index in [1.807, 2.05) is 26.8 Å². The number of aliphatic hydroxyl groups excluding tert-OH is 1. The molecule has 0 rings (SSSR count). The number of aliphatic hydroxyl groups is 1. The van der Waals surface area contributed by atoms with Gasteiger partial charge >= 0.3 is 5.97 Å². The SMILES string of the molecule is C=CCCCCC(=O)OCC(NC(=O)C(CC=C)CC(=O)NC(C)CO)C(C)(C)C. The molecular weight excluding hydrogens is 384 g/mol. The van der Waals surface area contributed by atoms with Crippen molar-refractivity contribution in [1.82, 2.24) is 10.6 Å². The first-order valence-electron chi connectivity index (χ1n) is 10.6. The molecule has 0 heterocycles. The number of carbonyl (C=O) groups is 3. The normalized spacial score (nSPS) is 14.2. The van der Waals surface area contributed by atoms with Crippen LogP contribution in [0, 0.1) is 11.3 Å². The van der Waals surface area contributed by atoms with Gasteiger partial charge in [-0.1, -0.05) is 32.9 Å². The fourth-order valence-corrected chi connectivity index (χ4v) is 2.69. The van der Waals surface area contributed by atoms with Crippen molar-refractivity contribution < 1.29 is 24.2 Å². The fourth-order valence-electron chi connectivity index (χ4n) is 2.69. The van der Waals surface area contributed by atoms with Crippen molar-refractivity contribution in [3.05, 3.63) is 25.3 Å². The van der Waals surface area contributed by atoms with Crippen molar-refractivity contribution in [2.45, 2.75) is 78.3 Å². The van der Waals surface area contributed by atoms with Gasteiger partial charge in [0.1, 0.15) is 6.61 Å². The minimum atomic E-state index is -0.590. The number of esters is 1. The van der Waals surface area contributed by atoms with Crippen LogP contribution < -0.4 is 10.6 Å². The summed E-state index contributed by atoms with van der Waals surface area (Å²) < 4.78 is 5.39. The molecule has 3 N–H and O–H groups in total. The predicted octanol–water partition coefficient (Wildman–Crippen LogP) is 2.89. The molecule has 7 heteroatoms. The highest BCUT2D eigenvalue weighted by Crippen LogP contribution is 2.21. The molecule has 0 aliphatic heterocycles. The second-order valence-corrected chi connectivity index (χ2v) is 8.72. The lowest BCUT2D eigenvalue weighted by atomic mass is 9.86. The number of ether oxygens (including phenoxy) is 1. The maximum Gasteiger partial charge on any atom is 0.305 e. The first kappa shape index (κ1) is 27.8. The van der Waals surface area contributed by atoms with Crippen molar-refractivity contribution >= 4 is 17.8 Å². The summed E-state index contributed by atoms with van der Waals surface area (Å²) in [7, 11) is 0. The molecule has 0 aromatic carbocycles. The second kappa shape index (κ2) is 14.8. The minimum Gasteiger partial charge on any atom is -0.463 e. The van der Waals surface area contributed by atoms with Gasteiger partial charge in [-0.05, 0) is 38.0 Å². The van der Waals surface area contributed by atoms with Gasteiger partial charge < -0.3 is 20.5 Å². The van der Waals surface area contributed by atoms with Crippen LogP contribution in [0.5, 0.6) is 0 Å². The molecule has 30 heavy (non-hydrogen) atoms. The summed E-state index contributed by atoms with van der Waals surface area (Å²) in [6.07, 6.45) is 6.57. The third-order valence-electron chi connectivity index (χ3n) is 4.75. The number of rotatable bonds is 15. The average Bonchev–Trinajstić information content (AvgIpc) is 2.66. The van der Waals surface area contributed by atoms with E-state index in [0.29, 0.717) is 12.8 Å². The number of hydrogen-bond acceptors (Lipinski definition) is 5. The van der Waals surface area contributed by atoms with Gasteiger partial charge in [0.05, 0.1) is 18.6 Å². The number of allylic oxidation sites excluding steroid dienone is 2. The highest BCUT2D eigenvalue weighted by molar-refractivity contribution is 5.86. The van der Waals surface area contributed by atoms with Crippen LogP contribution in [0.3, 0.4) is 0 Å². The molecule has 3 atom stereocenters. The van der Waals surface area contributed by atoms with Crippen molar-refractivity contribution in [3.63, 3.8) is 0 Å². The van der Waals surface area contributed by atoms with E-state index in [2.05, 4.69) is 23.8 Å². The van der Waals surface area contributed by atoms with E-state index in [1.54, 1.807) is 13.0 Å². The van der Waals surface area contributed by atoms with Crippen LogP contribution in [0.2, 0.25) is 0 Å². The number of carbonyl (C=O) groups excluding carboxylic acids is 3. The van der Waals surface area contributed by atoms with E-state index >= 15 is 0 Å². The van der Waals surface area contributed by atoms with Gasteiger partial charge in [0.2, 0.25) is 11.8 Å². The average molecular weight is 425 g/mol. The van der Waals surface area contributed by atoms with E-state index in [1.165, 1.54) is 0 Å². The lowest BCUT2D eigenvalue weighted by Gasteiger charge is -2.32. The zero-order chi connectivity index (χ0) is 23.2. The second-order valence-electron chi connectivity index (χ2n) is 8.72. The van der Waals surface area contributed by atoms with Gasteiger partial charge in [0, 0.05) is 18.9 Å². The summed E-state index contributed by atoms with van der Waals surface area (Å²) in [4.78, 5) is 37.0. The molecule has 0 aromatic heterocycles. The van der Waals surface area contributed by atoms with Gasteiger partial charge in [-0.3, -0.25) is 14.4 Å². The molecule has 3 unspecified atom stereocenters. The fraction of sp³-hybridized carbons (Fsp3) is 0.696. The van der Waals surface area contributed by atoms with E-state index < -0.39 is 12.0 Å². The van der Waals surface area contributed by atoms with Crippen molar-refractivity contribution in [2.75, 3.05) is 13.2 Å². The Kier molecular flexibility index (Phi) is 13.7. The van der Waals surface area contributed by atoms with Crippen LogP contribution >= 0.6 is 0 Å². The van der Waals surface area contributed by atoms with E-state index in [4.69, 9.17) is 9.84 Å². The highest BCUT2D eigenvalue weighted by atomic mass is 16.5. The van der Waals surface area contributed by atoms with Crippen molar-refractivity contribution in [2.24, 2.45) is 11.3 Å². The van der Waals surface area contributed by atoms with E-state index in [0.717, 1.165) is 19.3 Å². The largest absolute Gasteiger partial charge is 0.463 e. The van der Waals surface area contributed by atoms with Gasteiger partial charge in [-0.25, -0.2) is 0 Å². The van der Waals surface area contributed by atoms with Gasteiger partial charge in [0.25, 0.3) is 0 Å². The van der Waals surface area contributed by atoms with Crippen LogP contribution in [0.4, 0.5) is 0 Å². The summed E-state index contributed by atoms with van der Waals surface area (Å²) in [6, 6.07) is -0.771. The van der Waals surface area contributed by atoms with E-state index in [-0.39, 0.29) is 48.9 Å². The Morgan fingerprint density at radius 2 is 1.77 bits per heavy atom. The van der Waals surface area contributed by atoms with Crippen molar-refractivity contribution in [1.29, 1.82) is 0 Å². The summed E-state index contributed by atoms with van der Waals surface area (Å²) in [5.74, 6) is -1.48. The lowest BCUT2D eigenvalue weighted by Crippen LogP contribution is -2.49. The molecule has 0 saturated heterocycles. The Morgan fingerprint density at radius 1 is 1.10 bits per heavy atom. The minimum absolute atomic E-state index is 0.0118. The molecule has 0 fully saturated rings. The molecule has 0 aromatic rings. The quantitative estimate of drug-likeness (QED) is 0.213. The standard InChI is InChI=1S/C23H40N2O5/c1-7-9-10-11-13-21(28)30-16-19(23(4,5)6)25-22(29)18(12-8-2)14-20(27)24-17(3)15-26/h7-8,17-19,26H,1-2,9-16H2,3-6H3,(H,24,27)(H,25,29). The maximum atomic E-state index is 12.8. The Bertz CT molecular complexity index is 568. The molecule has 2 amide bonds. The maximum absolute atomic E-state index is 12.8. The smallest absolute Gasteiger partial charge is 0.305 e. The van der Waals surface area contributed by atoms with Gasteiger partial charge in [0.15, 0.2) is 0 Å². The zero-order valence-electron chi connectivity index (χ0n) is 19.0. The summed E-state index contributed by atoms with van der Waals surface area (Å²) in [5.41, 5.74) is -0.342. The lowest BCUT2D eigenvalue weighted by molar-refractivity contribution is -0.146. The first-order valence-corrected chi connectivity index (χ1v) is 10.6. The topological polar surface area (TPSA) is 105 Å². The highest BCUT2D eigenvalue weighted by Gasteiger charge is 2.30. The molecule has 7 nitrogen and oxygen atoms in total. The Labute approximate surface area is 181 Å². The number of nitrogens with one attached hydrogen (secondary N) is 2. The Balaban J connectivity index is 4.88. The van der Waals surface area contributed by atoms with Gasteiger partial charge in [-0.15, -0.1) is 13.2 Å². The van der Waals surface area contributed by atoms with Crippen LogP contribution in [-0.4, -0.2) is 48.2 Å². The molecule has 0 aliphatic rings.